The lowest BCUT2D eigenvalue weighted by Gasteiger charge is -2.23. The molecule has 9 nitrogen and oxygen atoms in total. The molecular weight excluding hydrogens is 322 g/mol. The first kappa shape index (κ1) is 15.7. The zero-order valence-electron chi connectivity index (χ0n) is 13.9. The van der Waals surface area contributed by atoms with Gasteiger partial charge in [0.1, 0.15) is 17.7 Å². The predicted molar refractivity (Wildman–Crippen MR) is 88.1 cm³/mol. The molecule has 9 heteroatoms. The van der Waals surface area contributed by atoms with Crippen molar-refractivity contribution in [3.63, 3.8) is 0 Å². The summed E-state index contributed by atoms with van der Waals surface area (Å²) in [5, 5.41) is 12.3. The second kappa shape index (κ2) is 6.60. The molecule has 0 spiro atoms. The van der Waals surface area contributed by atoms with Gasteiger partial charge >= 0.3 is 0 Å². The molecule has 130 valence electrons. The fraction of sp³-hybridized carbons (Fsp3) is 0.438. The van der Waals surface area contributed by atoms with E-state index in [-0.39, 0.29) is 11.6 Å². The Kier molecular flexibility index (Phi) is 4.14. The Balaban J connectivity index is 1.54. The van der Waals surface area contributed by atoms with Crippen LogP contribution in [0.15, 0.2) is 40.3 Å². The van der Waals surface area contributed by atoms with E-state index in [0.29, 0.717) is 18.9 Å². The molecule has 1 unspecified atom stereocenters. The first-order valence-electron chi connectivity index (χ1n) is 8.29. The van der Waals surface area contributed by atoms with Gasteiger partial charge < -0.3 is 0 Å². The number of hydrogen-bond acceptors (Lipinski definition) is 7. The Hall–Kier alpha value is -2.81. The Bertz CT molecular complexity index is 899. The Morgan fingerprint density at radius 1 is 1.32 bits per heavy atom. The van der Waals surface area contributed by atoms with Crippen LogP contribution in [0.3, 0.4) is 0 Å². The first-order chi connectivity index (χ1) is 12.2. The molecule has 0 N–H and O–H groups in total. The molecule has 0 aliphatic carbocycles. The molecule has 4 rings (SSSR count). The van der Waals surface area contributed by atoms with E-state index >= 15 is 0 Å². The number of imidazole rings is 1. The summed E-state index contributed by atoms with van der Waals surface area (Å²) < 4.78 is 8.10. The molecule has 1 fully saturated rings. The van der Waals surface area contributed by atoms with Gasteiger partial charge in [-0.2, -0.15) is 5.10 Å². The van der Waals surface area contributed by atoms with Crippen LogP contribution in [0, 0.1) is 6.92 Å². The van der Waals surface area contributed by atoms with E-state index in [9.17, 15) is 4.79 Å². The summed E-state index contributed by atoms with van der Waals surface area (Å²) in [6.07, 6.45) is 7.27. The van der Waals surface area contributed by atoms with Crippen LogP contribution in [0.4, 0.5) is 0 Å². The largest absolute Gasteiger partial charge is 0.293 e. The fourth-order valence-corrected chi connectivity index (χ4v) is 3.20. The number of hydrogen-bond donors (Lipinski definition) is 0. The summed E-state index contributed by atoms with van der Waals surface area (Å²) in [7, 11) is 0. The predicted octanol–water partition coefficient (Wildman–Crippen LogP) is 0.785. The molecular formula is C16H19N7O2. The van der Waals surface area contributed by atoms with Crippen LogP contribution >= 0.6 is 0 Å². The SMILES string of the molecule is Cc1nonc1CN1CCCC1Cn1nc(-n2ccnc2)ccc1=O. The van der Waals surface area contributed by atoms with Crippen molar-refractivity contribution in [2.75, 3.05) is 6.54 Å². The highest BCUT2D eigenvalue weighted by Crippen LogP contribution is 2.21. The van der Waals surface area contributed by atoms with Gasteiger partial charge in [-0.25, -0.2) is 14.3 Å². The highest BCUT2D eigenvalue weighted by Gasteiger charge is 2.27. The van der Waals surface area contributed by atoms with Gasteiger partial charge in [-0.1, -0.05) is 10.3 Å². The van der Waals surface area contributed by atoms with E-state index < -0.39 is 0 Å². The summed E-state index contributed by atoms with van der Waals surface area (Å²) in [6, 6.07) is 3.49. The Labute approximate surface area is 143 Å². The third-order valence-corrected chi connectivity index (χ3v) is 4.60. The minimum absolute atomic E-state index is 0.102. The van der Waals surface area contributed by atoms with Gasteiger partial charge in [0.05, 0.1) is 6.54 Å². The van der Waals surface area contributed by atoms with Crippen LogP contribution in [0.25, 0.3) is 5.82 Å². The molecule has 1 aliphatic rings. The fourth-order valence-electron chi connectivity index (χ4n) is 3.20. The molecule has 25 heavy (non-hydrogen) atoms. The number of aromatic nitrogens is 6. The molecule has 3 aromatic rings. The highest BCUT2D eigenvalue weighted by atomic mass is 16.6. The number of nitrogens with zero attached hydrogens (tertiary/aromatic N) is 7. The molecule has 4 heterocycles. The lowest BCUT2D eigenvalue weighted by Crippen LogP contribution is -2.37. The maximum absolute atomic E-state index is 12.2. The second-order valence-corrected chi connectivity index (χ2v) is 6.24. The van der Waals surface area contributed by atoms with Crippen molar-refractivity contribution in [2.45, 2.75) is 38.9 Å². The summed E-state index contributed by atoms with van der Waals surface area (Å²) in [6.45, 7) is 4.08. The lowest BCUT2D eigenvalue weighted by molar-refractivity contribution is 0.208. The average molecular weight is 341 g/mol. The molecule has 0 aromatic carbocycles. The lowest BCUT2D eigenvalue weighted by atomic mass is 10.2. The number of likely N-dealkylation sites (tertiary alicyclic amines) is 1. The normalized spacial score (nSPS) is 18.0. The molecule has 0 saturated carbocycles. The summed E-state index contributed by atoms with van der Waals surface area (Å²) in [5.74, 6) is 0.679. The van der Waals surface area contributed by atoms with E-state index in [0.717, 1.165) is 30.8 Å². The topological polar surface area (TPSA) is 94.9 Å². The molecule has 0 bridgehead atoms. The number of rotatable bonds is 5. The highest BCUT2D eigenvalue weighted by molar-refractivity contribution is 5.19. The van der Waals surface area contributed by atoms with E-state index in [4.69, 9.17) is 4.63 Å². The van der Waals surface area contributed by atoms with Gasteiger partial charge in [0.2, 0.25) is 0 Å². The van der Waals surface area contributed by atoms with Gasteiger partial charge in [0.25, 0.3) is 5.56 Å². The van der Waals surface area contributed by atoms with Crippen LogP contribution in [0.1, 0.15) is 24.2 Å². The van der Waals surface area contributed by atoms with E-state index in [1.807, 2.05) is 6.92 Å². The molecule has 1 saturated heterocycles. The van der Waals surface area contributed by atoms with Crippen LogP contribution < -0.4 is 5.56 Å². The van der Waals surface area contributed by atoms with Crippen LogP contribution in [-0.2, 0) is 13.1 Å². The van der Waals surface area contributed by atoms with Crippen molar-refractivity contribution < 1.29 is 4.63 Å². The van der Waals surface area contributed by atoms with Gasteiger partial charge in [-0.15, -0.1) is 0 Å². The van der Waals surface area contributed by atoms with Crippen LogP contribution in [0.5, 0.6) is 0 Å². The minimum Gasteiger partial charge on any atom is -0.293 e. The standard InChI is InChI=1S/C16H19N7O2/c1-12-14(20-25-19-12)10-21-7-2-3-13(21)9-23-16(24)5-4-15(18-23)22-8-6-17-11-22/h4-6,8,11,13H,2-3,7,9-10H2,1H3. The Morgan fingerprint density at radius 2 is 2.24 bits per heavy atom. The summed E-state index contributed by atoms with van der Waals surface area (Å²) in [4.78, 5) is 18.6. The van der Waals surface area contributed by atoms with Gasteiger partial charge in [0, 0.05) is 31.0 Å². The van der Waals surface area contributed by atoms with Crippen LogP contribution in [-0.4, -0.2) is 47.1 Å². The van der Waals surface area contributed by atoms with E-state index in [2.05, 4.69) is 25.3 Å². The third-order valence-electron chi connectivity index (χ3n) is 4.60. The zero-order chi connectivity index (χ0) is 17.2. The van der Waals surface area contributed by atoms with Crippen molar-refractivity contribution in [3.05, 3.63) is 52.6 Å². The average Bonchev–Trinajstić information content (AvgIpc) is 3.34. The van der Waals surface area contributed by atoms with Crippen molar-refractivity contribution in [1.29, 1.82) is 0 Å². The van der Waals surface area contributed by atoms with E-state index in [1.165, 1.54) is 4.68 Å². The summed E-state index contributed by atoms with van der Waals surface area (Å²) in [5.41, 5.74) is 1.55. The first-order valence-corrected chi connectivity index (χ1v) is 8.29. The minimum atomic E-state index is -0.102. The van der Waals surface area contributed by atoms with Gasteiger partial charge in [-0.05, 0) is 32.4 Å². The molecule has 0 amide bonds. The molecule has 1 atom stereocenters. The molecule has 1 aliphatic heterocycles. The van der Waals surface area contributed by atoms with Crippen molar-refractivity contribution in [1.82, 2.24) is 34.5 Å². The van der Waals surface area contributed by atoms with Crippen molar-refractivity contribution >= 4 is 0 Å². The summed E-state index contributed by atoms with van der Waals surface area (Å²) >= 11 is 0. The smallest absolute Gasteiger partial charge is 0.266 e. The number of aryl methyl sites for hydroxylation is 1. The molecule has 3 aromatic heterocycles. The maximum atomic E-state index is 12.2. The quantitative estimate of drug-likeness (QED) is 0.677. The third kappa shape index (κ3) is 3.22. The zero-order valence-corrected chi connectivity index (χ0v) is 13.9. The monoisotopic (exact) mass is 341 g/mol. The van der Waals surface area contributed by atoms with Crippen molar-refractivity contribution in [3.8, 4) is 5.82 Å². The second-order valence-electron chi connectivity index (χ2n) is 6.24. The van der Waals surface area contributed by atoms with Gasteiger partial charge in [0.15, 0.2) is 5.82 Å². The maximum Gasteiger partial charge on any atom is 0.266 e. The Morgan fingerprint density at radius 3 is 3.00 bits per heavy atom. The van der Waals surface area contributed by atoms with Crippen LogP contribution in [0.2, 0.25) is 0 Å². The van der Waals surface area contributed by atoms with Crippen molar-refractivity contribution in [2.24, 2.45) is 0 Å². The molecule has 0 radical (unpaired) electrons. The van der Waals surface area contributed by atoms with Gasteiger partial charge in [-0.3, -0.25) is 14.3 Å². The van der Waals surface area contributed by atoms with E-state index in [1.54, 1.807) is 35.4 Å².